The summed E-state index contributed by atoms with van der Waals surface area (Å²) in [6.45, 7) is 2.51. The van der Waals surface area contributed by atoms with Crippen molar-refractivity contribution in [1.82, 2.24) is 5.32 Å². The highest BCUT2D eigenvalue weighted by molar-refractivity contribution is 14.0. The minimum atomic E-state index is -2.90. The lowest BCUT2D eigenvalue weighted by Crippen LogP contribution is -2.33. The number of aliphatic imine (C=N–C) groups is 1. The van der Waals surface area contributed by atoms with E-state index in [2.05, 4.69) is 27.1 Å². The summed E-state index contributed by atoms with van der Waals surface area (Å²) in [5, 5.41) is 8.77. The SMILES string of the molecule is I.O=S1(=O)CCC(CN=C(NCCc2cccs2)Nc2ccc3c(c2)OCCCO3)C1. The topological polar surface area (TPSA) is 89.0 Å². The van der Waals surface area contributed by atoms with Crippen LogP contribution in [0.25, 0.3) is 0 Å². The van der Waals surface area contributed by atoms with E-state index in [0.29, 0.717) is 32.1 Å². The number of halogens is 1. The van der Waals surface area contributed by atoms with E-state index in [0.717, 1.165) is 36.6 Å². The molecule has 170 valence electrons. The highest BCUT2D eigenvalue weighted by atomic mass is 127. The molecule has 7 nitrogen and oxygen atoms in total. The molecule has 2 aromatic rings. The molecule has 0 saturated carbocycles. The predicted octanol–water partition coefficient (Wildman–Crippen LogP) is 3.56. The second-order valence-corrected chi connectivity index (χ2v) is 10.8. The highest BCUT2D eigenvalue weighted by Crippen LogP contribution is 2.32. The molecule has 1 aromatic heterocycles. The molecule has 0 radical (unpaired) electrons. The minimum Gasteiger partial charge on any atom is -0.490 e. The molecule has 10 heteroatoms. The van der Waals surface area contributed by atoms with Crippen LogP contribution in [0.1, 0.15) is 17.7 Å². The molecule has 0 bridgehead atoms. The van der Waals surface area contributed by atoms with E-state index in [1.54, 1.807) is 11.3 Å². The Labute approximate surface area is 204 Å². The van der Waals surface area contributed by atoms with Gasteiger partial charge in [0.25, 0.3) is 0 Å². The van der Waals surface area contributed by atoms with E-state index in [-0.39, 0.29) is 41.4 Å². The van der Waals surface area contributed by atoms with Gasteiger partial charge in [0.2, 0.25) is 0 Å². The maximum atomic E-state index is 11.7. The van der Waals surface area contributed by atoms with Crippen LogP contribution in [0.4, 0.5) is 5.69 Å². The van der Waals surface area contributed by atoms with Crippen molar-refractivity contribution < 1.29 is 17.9 Å². The van der Waals surface area contributed by atoms with Gasteiger partial charge in [0, 0.05) is 36.1 Å². The van der Waals surface area contributed by atoms with Crippen LogP contribution in [-0.4, -0.2) is 52.2 Å². The van der Waals surface area contributed by atoms with Gasteiger partial charge < -0.3 is 20.1 Å². The van der Waals surface area contributed by atoms with Gasteiger partial charge in [0.05, 0.1) is 24.7 Å². The van der Waals surface area contributed by atoms with Crippen LogP contribution in [-0.2, 0) is 16.3 Å². The smallest absolute Gasteiger partial charge is 0.195 e. The minimum absolute atomic E-state index is 0. The Morgan fingerprint density at radius 3 is 2.77 bits per heavy atom. The number of sulfone groups is 1. The van der Waals surface area contributed by atoms with Crippen molar-refractivity contribution >= 4 is 56.8 Å². The summed E-state index contributed by atoms with van der Waals surface area (Å²) in [7, 11) is -2.90. The Morgan fingerprint density at radius 2 is 2.03 bits per heavy atom. The number of nitrogens with zero attached hydrogens (tertiary/aromatic N) is 1. The number of nitrogens with one attached hydrogen (secondary N) is 2. The second kappa shape index (κ2) is 11.4. The zero-order valence-electron chi connectivity index (χ0n) is 17.2. The van der Waals surface area contributed by atoms with Gasteiger partial charge in [-0.25, -0.2) is 8.42 Å². The molecule has 0 aliphatic carbocycles. The van der Waals surface area contributed by atoms with Crippen molar-refractivity contribution in [2.75, 3.05) is 43.1 Å². The van der Waals surface area contributed by atoms with Crippen LogP contribution >= 0.6 is 35.3 Å². The lowest BCUT2D eigenvalue weighted by atomic mass is 10.1. The van der Waals surface area contributed by atoms with Crippen LogP contribution in [0.5, 0.6) is 11.5 Å². The molecule has 2 aliphatic heterocycles. The number of thiophene rings is 1. The monoisotopic (exact) mass is 577 g/mol. The van der Waals surface area contributed by atoms with Gasteiger partial charge in [0.1, 0.15) is 0 Å². The zero-order valence-corrected chi connectivity index (χ0v) is 21.2. The molecule has 1 unspecified atom stereocenters. The molecule has 3 heterocycles. The van der Waals surface area contributed by atoms with E-state index < -0.39 is 9.84 Å². The van der Waals surface area contributed by atoms with Crippen LogP contribution in [0.3, 0.4) is 0 Å². The average molecular weight is 578 g/mol. The third kappa shape index (κ3) is 7.25. The summed E-state index contributed by atoms with van der Waals surface area (Å²) in [6, 6.07) is 9.91. The summed E-state index contributed by atoms with van der Waals surface area (Å²) in [5.41, 5.74) is 0.848. The first-order valence-electron chi connectivity index (χ1n) is 10.3. The number of guanidine groups is 1. The van der Waals surface area contributed by atoms with Crippen molar-refractivity contribution in [2.24, 2.45) is 10.9 Å². The third-order valence-electron chi connectivity index (χ3n) is 5.09. The molecule has 4 rings (SSSR count). The number of hydrogen-bond donors (Lipinski definition) is 2. The van der Waals surface area contributed by atoms with Crippen molar-refractivity contribution in [3.8, 4) is 11.5 Å². The predicted molar refractivity (Wildman–Crippen MR) is 136 cm³/mol. The molecule has 1 aromatic carbocycles. The Morgan fingerprint density at radius 1 is 1.19 bits per heavy atom. The van der Waals surface area contributed by atoms with Gasteiger partial charge in [-0.15, -0.1) is 35.3 Å². The van der Waals surface area contributed by atoms with Crippen molar-refractivity contribution in [2.45, 2.75) is 19.3 Å². The van der Waals surface area contributed by atoms with E-state index in [4.69, 9.17) is 9.47 Å². The van der Waals surface area contributed by atoms with Gasteiger partial charge in [-0.3, -0.25) is 4.99 Å². The summed E-state index contributed by atoms with van der Waals surface area (Å²) >= 11 is 1.73. The van der Waals surface area contributed by atoms with Crippen LogP contribution < -0.4 is 20.1 Å². The summed E-state index contributed by atoms with van der Waals surface area (Å²) in [6.07, 6.45) is 2.44. The number of benzene rings is 1. The van der Waals surface area contributed by atoms with Crippen LogP contribution in [0.15, 0.2) is 40.7 Å². The molecule has 0 amide bonds. The lowest BCUT2D eigenvalue weighted by Gasteiger charge is -2.15. The quantitative estimate of drug-likeness (QED) is 0.310. The molecule has 1 saturated heterocycles. The summed E-state index contributed by atoms with van der Waals surface area (Å²) < 4.78 is 34.9. The van der Waals surface area contributed by atoms with Crippen molar-refractivity contribution in [1.29, 1.82) is 0 Å². The lowest BCUT2D eigenvalue weighted by molar-refractivity contribution is 0.297. The number of anilines is 1. The fourth-order valence-electron chi connectivity index (χ4n) is 3.51. The first-order valence-corrected chi connectivity index (χ1v) is 13.0. The molecule has 2 N–H and O–H groups in total. The fourth-order valence-corrected chi connectivity index (χ4v) is 6.07. The third-order valence-corrected chi connectivity index (χ3v) is 7.86. The van der Waals surface area contributed by atoms with E-state index in [1.165, 1.54) is 4.88 Å². The number of hydrogen-bond acceptors (Lipinski definition) is 6. The molecule has 0 spiro atoms. The maximum Gasteiger partial charge on any atom is 0.195 e. The fraction of sp³-hybridized carbons (Fsp3) is 0.476. The molecule has 1 fully saturated rings. The Kier molecular flexibility index (Phi) is 8.85. The summed E-state index contributed by atoms with van der Waals surface area (Å²) in [5.74, 6) is 2.68. The zero-order chi connectivity index (χ0) is 20.8. The van der Waals surface area contributed by atoms with E-state index in [9.17, 15) is 8.42 Å². The van der Waals surface area contributed by atoms with Gasteiger partial charge in [0.15, 0.2) is 27.3 Å². The average Bonchev–Trinajstić information content (AvgIpc) is 3.29. The molecular formula is C21H28IN3O4S2. The van der Waals surface area contributed by atoms with Crippen molar-refractivity contribution in [3.63, 3.8) is 0 Å². The number of fused-ring (bicyclic) bond motifs is 1. The van der Waals surface area contributed by atoms with Gasteiger partial charge in [-0.2, -0.15) is 0 Å². The van der Waals surface area contributed by atoms with Gasteiger partial charge in [-0.1, -0.05) is 6.07 Å². The maximum absolute atomic E-state index is 11.7. The Balaban J connectivity index is 0.00000272. The molecular weight excluding hydrogens is 549 g/mol. The number of ether oxygens (including phenoxy) is 2. The normalized spacial score (nSPS) is 19.9. The first-order chi connectivity index (χ1) is 14.6. The van der Waals surface area contributed by atoms with E-state index in [1.807, 2.05) is 24.3 Å². The van der Waals surface area contributed by atoms with Gasteiger partial charge >= 0.3 is 0 Å². The Bertz CT molecular complexity index is 981. The van der Waals surface area contributed by atoms with E-state index >= 15 is 0 Å². The second-order valence-electron chi connectivity index (χ2n) is 7.55. The van der Waals surface area contributed by atoms with Crippen LogP contribution in [0.2, 0.25) is 0 Å². The largest absolute Gasteiger partial charge is 0.490 e. The summed E-state index contributed by atoms with van der Waals surface area (Å²) in [4.78, 5) is 5.98. The van der Waals surface area contributed by atoms with Crippen LogP contribution in [0, 0.1) is 5.92 Å². The molecule has 31 heavy (non-hydrogen) atoms. The van der Waals surface area contributed by atoms with Crippen molar-refractivity contribution in [3.05, 3.63) is 40.6 Å². The molecule has 1 atom stereocenters. The standard InChI is InChI=1S/C21H27N3O4S2.HI/c25-30(26)12-7-16(15-30)14-23-21(22-8-6-18-3-1-11-29-18)24-17-4-5-19-20(13-17)28-10-2-9-27-19;/h1,3-5,11,13,16H,2,6-10,12,14-15H2,(H2,22,23,24);1H. The number of rotatable bonds is 6. The first kappa shape index (κ1) is 24.1. The highest BCUT2D eigenvalue weighted by Gasteiger charge is 2.27. The Hall–Kier alpha value is -1.53. The van der Waals surface area contributed by atoms with Gasteiger partial charge in [-0.05, 0) is 42.3 Å². The molecule has 2 aliphatic rings.